The highest BCUT2D eigenvalue weighted by Crippen LogP contribution is 2.26. The van der Waals surface area contributed by atoms with Gasteiger partial charge in [0, 0.05) is 13.0 Å². The molecule has 5 heteroatoms. The monoisotopic (exact) mass is 325 g/mol. The van der Waals surface area contributed by atoms with Gasteiger partial charge in [-0.05, 0) is 22.8 Å². The number of hydrogen-bond donors (Lipinski definition) is 1. The third-order valence-electron chi connectivity index (χ3n) is 4.00. The Balaban J connectivity index is 1.72. The Kier molecular flexibility index (Phi) is 4.79. The second-order valence-corrected chi connectivity index (χ2v) is 5.85. The summed E-state index contributed by atoms with van der Waals surface area (Å²) in [4.78, 5) is 25.1. The number of aliphatic carboxylic acids is 1. The predicted molar refractivity (Wildman–Crippen MR) is 88.8 cm³/mol. The molecule has 1 amide bonds. The van der Waals surface area contributed by atoms with Gasteiger partial charge >= 0.3 is 5.97 Å². The van der Waals surface area contributed by atoms with Crippen molar-refractivity contribution in [2.75, 3.05) is 13.2 Å². The summed E-state index contributed by atoms with van der Waals surface area (Å²) in [6, 6.07) is 15.1. The van der Waals surface area contributed by atoms with E-state index in [0.717, 1.165) is 28.9 Å². The van der Waals surface area contributed by atoms with Gasteiger partial charge < -0.3 is 14.7 Å². The number of rotatable bonds is 6. The fourth-order valence-corrected chi connectivity index (χ4v) is 2.84. The van der Waals surface area contributed by atoms with Gasteiger partial charge in [0.15, 0.2) is 0 Å². The molecule has 0 atom stereocenters. The minimum Gasteiger partial charge on any atom is -0.493 e. The maximum Gasteiger partial charge on any atom is 0.323 e. The molecule has 0 aliphatic carbocycles. The maximum atomic E-state index is 12.6. The summed E-state index contributed by atoms with van der Waals surface area (Å²) in [6.45, 7) is 0.660. The van der Waals surface area contributed by atoms with Gasteiger partial charge in [-0.15, -0.1) is 0 Å². The lowest BCUT2D eigenvalue weighted by Gasteiger charge is -2.21. The van der Waals surface area contributed by atoms with E-state index >= 15 is 0 Å². The quantitative estimate of drug-likeness (QED) is 0.885. The summed E-state index contributed by atoms with van der Waals surface area (Å²) in [5.74, 6) is -0.334. The highest BCUT2D eigenvalue weighted by molar-refractivity contribution is 5.83. The van der Waals surface area contributed by atoms with Crippen LogP contribution >= 0.6 is 0 Å². The Hall–Kier alpha value is -2.82. The van der Waals surface area contributed by atoms with Gasteiger partial charge in [0.25, 0.3) is 0 Å². The van der Waals surface area contributed by atoms with Crippen LogP contribution in [0.3, 0.4) is 0 Å². The van der Waals surface area contributed by atoms with Gasteiger partial charge in [-0.1, -0.05) is 42.5 Å². The summed E-state index contributed by atoms with van der Waals surface area (Å²) in [5.41, 5.74) is 2.90. The van der Waals surface area contributed by atoms with Crippen LogP contribution in [0, 0.1) is 0 Å². The Morgan fingerprint density at radius 2 is 1.88 bits per heavy atom. The molecular formula is C19H19NO4. The van der Waals surface area contributed by atoms with E-state index in [1.807, 2.05) is 48.5 Å². The minimum absolute atomic E-state index is 0.188. The van der Waals surface area contributed by atoms with E-state index in [1.54, 1.807) is 0 Å². The topological polar surface area (TPSA) is 66.8 Å². The zero-order valence-electron chi connectivity index (χ0n) is 13.3. The van der Waals surface area contributed by atoms with Crippen molar-refractivity contribution in [2.24, 2.45) is 0 Å². The van der Waals surface area contributed by atoms with E-state index in [2.05, 4.69) is 0 Å². The number of hydrogen-bond acceptors (Lipinski definition) is 3. The first-order valence-corrected chi connectivity index (χ1v) is 7.90. The van der Waals surface area contributed by atoms with Crippen LogP contribution in [-0.4, -0.2) is 35.0 Å². The third kappa shape index (κ3) is 3.93. The lowest BCUT2D eigenvalue weighted by molar-refractivity contribution is -0.144. The molecule has 2 aromatic rings. The van der Waals surface area contributed by atoms with Crippen LogP contribution in [0.2, 0.25) is 0 Å². The largest absolute Gasteiger partial charge is 0.493 e. The highest BCUT2D eigenvalue weighted by Gasteiger charge is 2.19. The molecule has 0 aromatic heterocycles. The summed E-state index contributed by atoms with van der Waals surface area (Å²) < 4.78 is 5.46. The van der Waals surface area contributed by atoms with Crippen molar-refractivity contribution >= 4 is 11.9 Å². The van der Waals surface area contributed by atoms with E-state index in [0.29, 0.717) is 13.2 Å². The van der Waals surface area contributed by atoms with E-state index in [4.69, 9.17) is 9.84 Å². The number of ether oxygens (including phenoxy) is 1. The van der Waals surface area contributed by atoms with Crippen LogP contribution in [0.5, 0.6) is 5.75 Å². The molecule has 2 aromatic carbocycles. The molecule has 1 N–H and O–H groups in total. The van der Waals surface area contributed by atoms with E-state index in [1.165, 1.54) is 4.90 Å². The Bertz CT molecular complexity index is 742. The molecule has 124 valence electrons. The lowest BCUT2D eigenvalue weighted by atomic mass is 10.1. The molecule has 0 saturated heterocycles. The zero-order chi connectivity index (χ0) is 16.9. The first-order chi connectivity index (χ1) is 11.6. The zero-order valence-corrected chi connectivity index (χ0v) is 13.3. The van der Waals surface area contributed by atoms with Gasteiger partial charge in [0.2, 0.25) is 5.91 Å². The van der Waals surface area contributed by atoms with Gasteiger partial charge in [-0.2, -0.15) is 0 Å². The Morgan fingerprint density at radius 3 is 2.62 bits per heavy atom. The Morgan fingerprint density at radius 1 is 1.08 bits per heavy atom. The van der Waals surface area contributed by atoms with Crippen molar-refractivity contribution in [1.82, 2.24) is 4.90 Å². The molecular weight excluding hydrogens is 306 g/mol. The van der Waals surface area contributed by atoms with Crippen molar-refractivity contribution in [3.63, 3.8) is 0 Å². The van der Waals surface area contributed by atoms with Crippen LogP contribution < -0.4 is 4.74 Å². The summed E-state index contributed by atoms with van der Waals surface area (Å²) in [7, 11) is 0. The molecule has 0 fully saturated rings. The molecule has 1 aliphatic heterocycles. The molecule has 0 unspecified atom stereocenters. The fraction of sp³-hybridized carbons (Fsp3) is 0.263. The van der Waals surface area contributed by atoms with Crippen LogP contribution in [0.4, 0.5) is 0 Å². The van der Waals surface area contributed by atoms with Gasteiger partial charge in [0.1, 0.15) is 12.3 Å². The summed E-state index contributed by atoms with van der Waals surface area (Å²) in [5, 5.41) is 9.09. The average Bonchev–Trinajstić information content (AvgIpc) is 3.02. The molecule has 5 nitrogen and oxygen atoms in total. The van der Waals surface area contributed by atoms with Crippen molar-refractivity contribution < 1.29 is 19.4 Å². The third-order valence-corrected chi connectivity index (χ3v) is 4.00. The van der Waals surface area contributed by atoms with Gasteiger partial charge in [-0.25, -0.2) is 0 Å². The average molecular weight is 325 g/mol. The molecule has 1 aliphatic rings. The normalized spacial score (nSPS) is 12.3. The first kappa shape index (κ1) is 16.1. The van der Waals surface area contributed by atoms with Crippen LogP contribution in [0.15, 0.2) is 48.5 Å². The molecule has 0 saturated carbocycles. The van der Waals surface area contributed by atoms with Crippen molar-refractivity contribution in [3.05, 3.63) is 65.2 Å². The number of carbonyl (C=O) groups is 2. The number of carbonyl (C=O) groups excluding carboxylic acids is 1. The number of fused-ring (bicyclic) bond motifs is 1. The van der Waals surface area contributed by atoms with Crippen molar-refractivity contribution in [3.8, 4) is 5.75 Å². The SMILES string of the molecule is O=C(O)CN(Cc1ccccc1)C(=O)Cc1ccc2c(c1)CCO2. The molecule has 1 heterocycles. The van der Waals surface area contributed by atoms with Gasteiger partial charge in [0.05, 0.1) is 13.0 Å². The van der Waals surface area contributed by atoms with Crippen LogP contribution in [0.1, 0.15) is 16.7 Å². The first-order valence-electron chi connectivity index (χ1n) is 7.90. The van der Waals surface area contributed by atoms with E-state index < -0.39 is 5.97 Å². The second kappa shape index (κ2) is 7.17. The molecule has 3 rings (SSSR count). The van der Waals surface area contributed by atoms with Crippen LogP contribution in [0.25, 0.3) is 0 Å². The van der Waals surface area contributed by atoms with Crippen molar-refractivity contribution in [2.45, 2.75) is 19.4 Å². The minimum atomic E-state index is -1.01. The fourth-order valence-electron chi connectivity index (χ4n) is 2.84. The molecule has 24 heavy (non-hydrogen) atoms. The van der Waals surface area contributed by atoms with E-state index in [-0.39, 0.29) is 18.9 Å². The molecule has 0 radical (unpaired) electrons. The number of nitrogens with zero attached hydrogens (tertiary/aromatic N) is 1. The lowest BCUT2D eigenvalue weighted by Crippen LogP contribution is -2.36. The number of amides is 1. The van der Waals surface area contributed by atoms with E-state index in [9.17, 15) is 9.59 Å². The summed E-state index contributed by atoms with van der Waals surface area (Å²) >= 11 is 0. The number of benzene rings is 2. The molecule has 0 spiro atoms. The number of carboxylic acid groups (broad SMARTS) is 1. The van der Waals surface area contributed by atoms with Gasteiger partial charge in [-0.3, -0.25) is 9.59 Å². The van der Waals surface area contributed by atoms with Crippen LogP contribution in [-0.2, 0) is 29.0 Å². The standard InChI is InChI=1S/C19H19NO4/c21-18(11-15-6-7-17-16(10-15)8-9-24-17)20(13-19(22)23)12-14-4-2-1-3-5-14/h1-7,10H,8-9,11-13H2,(H,22,23). The second-order valence-electron chi connectivity index (χ2n) is 5.85. The summed E-state index contributed by atoms with van der Waals surface area (Å²) in [6.07, 6.45) is 1.04. The van der Waals surface area contributed by atoms with Crippen molar-refractivity contribution in [1.29, 1.82) is 0 Å². The smallest absolute Gasteiger partial charge is 0.323 e. The Labute approximate surface area is 140 Å². The highest BCUT2D eigenvalue weighted by atomic mass is 16.5. The number of carboxylic acids is 1. The molecule has 0 bridgehead atoms. The predicted octanol–water partition coefficient (Wildman–Crippen LogP) is 2.28. The maximum absolute atomic E-state index is 12.6.